The molecule has 19 heavy (non-hydrogen) atoms. The van der Waals surface area contributed by atoms with Gasteiger partial charge in [-0.1, -0.05) is 17.7 Å². The van der Waals surface area contributed by atoms with Crippen LogP contribution in [0.3, 0.4) is 0 Å². The molecule has 1 saturated carbocycles. The van der Waals surface area contributed by atoms with Crippen molar-refractivity contribution < 1.29 is 18.0 Å². The summed E-state index contributed by atoms with van der Waals surface area (Å²) in [6.45, 7) is 0. The molecule has 0 aromatic carbocycles. The number of nitrogens with one attached hydrogen (secondary N) is 1. The maximum atomic E-state index is 12.0. The Morgan fingerprint density at radius 2 is 2.11 bits per heavy atom. The summed E-state index contributed by atoms with van der Waals surface area (Å²) in [6.07, 6.45) is 5.04. The smallest absolute Gasteiger partial charge is 0.265 e. The number of aryl methyl sites for hydroxylation is 1. The van der Waals surface area contributed by atoms with Gasteiger partial charge in [-0.25, -0.2) is 8.42 Å². The normalized spacial score (nSPS) is 16.9. The molecule has 0 unspecified atom stereocenters. The van der Waals surface area contributed by atoms with Crippen LogP contribution < -0.4 is 10.6 Å². The Balaban J connectivity index is 2.10. The second kappa shape index (κ2) is 5.32. The molecule has 2 rings (SSSR count). The molecule has 0 radical (unpaired) electrons. The van der Waals surface area contributed by atoms with Gasteiger partial charge in [-0.3, -0.25) is 9.63 Å². The molecule has 1 heterocycles. The number of sulfonamides is 1. The van der Waals surface area contributed by atoms with Gasteiger partial charge in [0.2, 0.25) is 0 Å². The molecule has 1 fully saturated rings. The van der Waals surface area contributed by atoms with Gasteiger partial charge in [0.1, 0.15) is 10.6 Å². The Labute approximate surface area is 111 Å². The molecule has 1 aliphatic rings. The van der Waals surface area contributed by atoms with E-state index in [2.05, 4.69) is 4.89 Å². The summed E-state index contributed by atoms with van der Waals surface area (Å²) in [7, 11) is -2.23. The largest absolute Gasteiger partial charge is 0.364 e. The first kappa shape index (κ1) is 14.0. The van der Waals surface area contributed by atoms with Gasteiger partial charge in [0.05, 0.1) is 6.10 Å². The predicted octanol–water partition coefficient (Wildman–Crippen LogP) is 0.276. The summed E-state index contributed by atoms with van der Waals surface area (Å²) in [5, 5.41) is 0. The number of nitrogens with two attached hydrogens (primary N) is 1. The van der Waals surface area contributed by atoms with E-state index in [1.54, 1.807) is 7.05 Å². The third-order valence-corrected chi connectivity index (χ3v) is 4.33. The van der Waals surface area contributed by atoms with Crippen molar-refractivity contribution in [2.24, 2.45) is 12.8 Å². The third kappa shape index (κ3) is 3.14. The topological polar surface area (TPSA) is 103 Å². The van der Waals surface area contributed by atoms with E-state index in [1.165, 1.54) is 16.8 Å². The van der Waals surface area contributed by atoms with Crippen molar-refractivity contribution in [3.8, 4) is 0 Å². The molecular weight excluding hydrogens is 270 g/mol. The van der Waals surface area contributed by atoms with Crippen LogP contribution >= 0.6 is 0 Å². The number of aromatic nitrogens is 1. The Bertz CT molecular complexity index is 573. The van der Waals surface area contributed by atoms with Crippen LogP contribution in [0.4, 0.5) is 0 Å². The maximum Gasteiger partial charge on any atom is 0.265 e. The Morgan fingerprint density at radius 1 is 1.47 bits per heavy atom. The van der Waals surface area contributed by atoms with Crippen LogP contribution in [-0.2, 0) is 21.9 Å². The first-order valence-corrected chi connectivity index (χ1v) is 7.52. The van der Waals surface area contributed by atoms with Crippen LogP contribution in [0.5, 0.6) is 0 Å². The molecule has 7 nitrogen and oxygen atoms in total. The summed E-state index contributed by atoms with van der Waals surface area (Å²) in [6, 6.07) is 1.22. The number of amides is 1. The van der Waals surface area contributed by atoms with Gasteiger partial charge in [-0.05, 0) is 18.9 Å². The summed E-state index contributed by atoms with van der Waals surface area (Å²) >= 11 is 0. The molecule has 0 aliphatic heterocycles. The molecule has 0 bridgehead atoms. The van der Waals surface area contributed by atoms with Crippen molar-refractivity contribution in [3.05, 3.63) is 18.0 Å². The first-order valence-electron chi connectivity index (χ1n) is 6.04. The zero-order valence-electron chi connectivity index (χ0n) is 10.6. The maximum absolute atomic E-state index is 12.0. The van der Waals surface area contributed by atoms with E-state index in [0.29, 0.717) is 0 Å². The highest BCUT2D eigenvalue weighted by Gasteiger charge is 2.23. The monoisotopic (exact) mass is 287 g/mol. The number of nitrogens with zero attached hydrogens (tertiary/aromatic N) is 1. The van der Waals surface area contributed by atoms with Gasteiger partial charge in [-0.15, -0.1) is 0 Å². The molecule has 8 heteroatoms. The molecular formula is C11H17N3O4S. The van der Waals surface area contributed by atoms with E-state index in [9.17, 15) is 13.2 Å². The second-order valence-corrected chi connectivity index (χ2v) is 6.29. The van der Waals surface area contributed by atoms with Crippen LogP contribution in [-0.4, -0.2) is 25.0 Å². The predicted molar refractivity (Wildman–Crippen MR) is 67.6 cm³/mol. The van der Waals surface area contributed by atoms with E-state index in [0.717, 1.165) is 25.7 Å². The minimum atomic E-state index is -3.78. The fourth-order valence-electron chi connectivity index (χ4n) is 2.11. The van der Waals surface area contributed by atoms with Crippen LogP contribution in [0.1, 0.15) is 36.2 Å². The highest BCUT2D eigenvalue weighted by atomic mass is 32.2. The molecule has 0 spiro atoms. The van der Waals surface area contributed by atoms with Crippen molar-refractivity contribution >= 4 is 15.9 Å². The fourth-order valence-corrected chi connectivity index (χ4v) is 3.03. The lowest BCUT2D eigenvalue weighted by atomic mass is 10.3. The second-order valence-electron chi connectivity index (χ2n) is 4.65. The van der Waals surface area contributed by atoms with Crippen LogP contribution in [0, 0.1) is 0 Å². The van der Waals surface area contributed by atoms with Crippen LogP contribution in [0.25, 0.3) is 0 Å². The van der Waals surface area contributed by atoms with E-state index < -0.39 is 15.9 Å². The minimum Gasteiger partial charge on any atom is -0.364 e. The molecule has 1 aromatic heterocycles. The average molecular weight is 287 g/mol. The lowest BCUT2D eigenvalue weighted by Crippen LogP contribution is -2.28. The number of carbonyl (C=O) groups is 1. The quantitative estimate of drug-likeness (QED) is 0.759. The molecule has 106 valence electrons. The van der Waals surface area contributed by atoms with Gasteiger partial charge >= 0.3 is 0 Å². The van der Waals surface area contributed by atoms with Gasteiger partial charge in [0.15, 0.2) is 0 Å². The van der Waals surface area contributed by atoms with Gasteiger partial charge in [-0.2, -0.15) is 0 Å². The van der Waals surface area contributed by atoms with Crippen molar-refractivity contribution in [2.45, 2.75) is 36.7 Å². The molecule has 0 atom stereocenters. The van der Waals surface area contributed by atoms with Crippen LogP contribution in [0.2, 0.25) is 0 Å². The van der Waals surface area contributed by atoms with Crippen LogP contribution in [0.15, 0.2) is 17.2 Å². The minimum absolute atomic E-state index is 0.0400. The Morgan fingerprint density at radius 3 is 2.63 bits per heavy atom. The number of carbonyl (C=O) groups excluding carboxylic acids is 1. The first-order chi connectivity index (χ1) is 8.90. The van der Waals surface area contributed by atoms with Gasteiger partial charge in [0.25, 0.3) is 15.9 Å². The highest BCUT2D eigenvalue weighted by Crippen LogP contribution is 2.21. The Hall–Kier alpha value is -1.38. The molecule has 0 saturated heterocycles. The third-order valence-electron chi connectivity index (χ3n) is 3.17. The SMILES string of the molecule is Cn1cc(S(=O)(=O)NOC2CCCC2)cc1C(N)=O. The van der Waals surface area contributed by atoms with Crippen molar-refractivity contribution in [1.82, 2.24) is 9.45 Å². The zero-order chi connectivity index (χ0) is 14.0. The zero-order valence-corrected chi connectivity index (χ0v) is 11.4. The van der Waals surface area contributed by atoms with Crippen molar-refractivity contribution in [2.75, 3.05) is 0 Å². The summed E-state index contributed by atoms with van der Waals surface area (Å²) in [4.78, 5) is 18.3. The summed E-state index contributed by atoms with van der Waals surface area (Å²) in [5.74, 6) is -0.680. The summed E-state index contributed by atoms with van der Waals surface area (Å²) < 4.78 is 25.3. The van der Waals surface area contributed by atoms with E-state index in [4.69, 9.17) is 10.6 Å². The standard InChI is InChI=1S/C11H17N3O4S/c1-14-7-9(6-10(14)11(12)15)19(16,17)13-18-8-4-2-3-5-8/h6-8,13H,2-5H2,1H3,(H2,12,15). The highest BCUT2D eigenvalue weighted by molar-refractivity contribution is 7.89. The fraction of sp³-hybridized carbons (Fsp3) is 0.545. The number of hydrogen-bond acceptors (Lipinski definition) is 4. The van der Waals surface area contributed by atoms with E-state index in [1.807, 2.05) is 0 Å². The lowest BCUT2D eigenvalue weighted by Gasteiger charge is -2.10. The van der Waals surface area contributed by atoms with Gasteiger partial charge in [0, 0.05) is 13.2 Å². The number of rotatable bonds is 5. The summed E-state index contributed by atoms with van der Waals surface area (Å²) in [5.41, 5.74) is 5.26. The molecule has 1 amide bonds. The molecule has 1 aromatic rings. The van der Waals surface area contributed by atoms with E-state index in [-0.39, 0.29) is 16.7 Å². The Kier molecular flexibility index (Phi) is 3.93. The number of hydrogen-bond donors (Lipinski definition) is 2. The van der Waals surface area contributed by atoms with E-state index >= 15 is 0 Å². The van der Waals surface area contributed by atoms with Gasteiger partial charge < -0.3 is 10.3 Å². The lowest BCUT2D eigenvalue weighted by molar-refractivity contribution is 0.0223. The van der Waals surface area contributed by atoms with Crippen molar-refractivity contribution in [3.63, 3.8) is 0 Å². The average Bonchev–Trinajstić information content (AvgIpc) is 2.95. The number of primary amides is 1. The molecule has 3 N–H and O–H groups in total. The molecule has 1 aliphatic carbocycles. The van der Waals surface area contributed by atoms with Crippen molar-refractivity contribution in [1.29, 1.82) is 0 Å².